The molecule has 0 unspecified atom stereocenters. The molecule has 0 bridgehead atoms. The van der Waals surface area contributed by atoms with Gasteiger partial charge >= 0.3 is 0 Å². The summed E-state index contributed by atoms with van der Waals surface area (Å²) in [5.74, 6) is 3.28. The zero-order valence-corrected chi connectivity index (χ0v) is 17.8. The number of hydrogen-bond acceptors (Lipinski definition) is 6. The van der Waals surface area contributed by atoms with Crippen molar-refractivity contribution in [3.8, 4) is 11.5 Å². The minimum atomic E-state index is 0. The molecule has 1 aromatic heterocycles. The van der Waals surface area contributed by atoms with Crippen LogP contribution in [0.2, 0.25) is 0 Å². The summed E-state index contributed by atoms with van der Waals surface area (Å²) in [7, 11) is 3.20. The highest BCUT2D eigenvalue weighted by molar-refractivity contribution is 14.0. The molecule has 9 heteroatoms. The first-order chi connectivity index (χ1) is 12.0. The molecule has 0 fully saturated rings. The quantitative estimate of drug-likeness (QED) is 0.261. The fourth-order valence-electron chi connectivity index (χ4n) is 2.12. The molecule has 0 aliphatic rings. The van der Waals surface area contributed by atoms with Crippen LogP contribution in [0.4, 0.5) is 5.69 Å². The lowest BCUT2D eigenvalue weighted by Gasteiger charge is -2.12. The minimum absolute atomic E-state index is 0. The number of methoxy groups -OCH3 is 2. The van der Waals surface area contributed by atoms with Gasteiger partial charge in [0.2, 0.25) is 5.89 Å². The number of benzene rings is 1. The Morgan fingerprint density at radius 2 is 2.08 bits per heavy atom. The molecule has 26 heavy (non-hydrogen) atoms. The van der Waals surface area contributed by atoms with E-state index in [0.29, 0.717) is 42.0 Å². The summed E-state index contributed by atoms with van der Waals surface area (Å²) in [5.41, 5.74) is 6.63. The summed E-state index contributed by atoms with van der Waals surface area (Å²) in [6, 6.07) is 5.41. The molecule has 144 valence electrons. The molecule has 0 aliphatic heterocycles. The Kier molecular flexibility index (Phi) is 9.17. The average molecular weight is 475 g/mol. The van der Waals surface area contributed by atoms with Crippen LogP contribution in [-0.2, 0) is 6.42 Å². The molecule has 0 saturated carbocycles. The second-order valence-electron chi connectivity index (χ2n) is 5.76. The van der Waals surface area contributed by atoms with Gasteiger partial charge in [0.05, 0.1) is 19.9 Å². The third-order valence-electron chi connectivity index (χ3n) is 3.50. The molecule has 0 radical (unpaired) electrons. The molecule has 3 N–H and O–H groups in total. The highest BCUT2D eigenvalue weighted by Crippen LogP contribution is 2.28. The van der Waals surface area contributed by atoms with E-state index in [2.05, 4.69) is 20.4 Å². The van der Waals surface area contributed by atoms with Crippen LogP contribution < -0.4 is 20.5 Å². The van der Waals surface area contributed by atoms with Gasteiger partial charge in [0.25, 0.3) is 0 Å². The first-order valence-electron chi connectivity index (χ1n) is 8.15. The average Bonchev–Trinajstić information content (AvgIpc) is 3.08. The minimum Gasteiger partial charge on any atom is -0.497 e. The molecule has 8 nitrogen and oxygen atoms in total. The van der Waals surface area contributed by atoms with Crippen LogP contribution in [0.5, 0.6) is 11.5 Å². The van der Waals surface area contributed by atoms with Crippen molar-refractivity contribution in [1.82, 2.24) is 10.1 Å². The summed E-state index contributed by atoms with van der Waals surface area (Å²) >= 11 is 0. The van der Waals surface area contributed by atoms with Crippen LogP contribution in [0.25, 0.3) is 0 Å². The zero-order chi connectivity index (χ0) is 18.2. The number of nitrogens with zero attached hydrogens (tertiary/aromatic N) is 3. The van der Waals surface area contributed by atoms with Crippen molar-refractivity contribution in [2.24, 2.45) is 10.7 Å². The van der Waals surface area contributed by atoms with Gasteiger partial charge in [-0.2, -0.15) is 4.98 Å². The Morgan fingerprint density at radius 3 is 2.69 bits per heavy atom. The molecule has 1 aromatic carbocycles. The number of ether oxygens (including phenoxy) is 2. The predicted molar refractivity (Wildman–Crippen MR) is 112 cm³/mol. The summed E-state index contributed by atoms with van der Waals surface area (Å²) in [5, 5.41) is 6.96. The number of aryl methyl sites for hydroxylation is 1. The SMILES string of the molecule is COc1ccc(OC)c(NC(N)=NCCCc2nc(C(C)C)no2)c1.I. The number of nitrogens with one attached hydrogen (secondary N) is 1. The zero-order valence-electron chi connectivity index (χ0n) is 15.5. The maximum atomic E-state index is 5.94. The molecule has 0 spiro atoms. The van der Waals surface area contributed by atoms with Gasteiger partial charge in [-0.3, -0.25) is 4.99 Å². The van der Waals surface area contributed by atoms with Gasteiger partial charge < -0.3 is 25.0 Å². The van der Waals surface area contributed by atoms with Gasteiger partial charge in [-0.05, 0) is 18.6 Å². The molecule has 1 heterocycles. The first kappa shape index (κ1) is 22.0. The van der Waals surface area contributed by atoms with Crippen LogP contribution in [0, 0.1) is 0 Å². The summed E-state index contributed by atoms with van der Waals surface area (Å²) < 4.78 is 15.7. The summed E-state index contributed by atoms with van der Waals surface area (Å²) in [6.45, 7) is 4.60. The molecular weight excluding hydrogens is 449 g/mol. The van der Waals surface area contributed by atoms with E-state index in [1.54, 1.807) is 26.4 Å². The molecule has 0 aliphatic carbocycles. The van der Waals surface area contributed by atoms with E-state index in [0.717, 1.165) is 12.2 Å². The number of nitrogens with two attached hydrogens (primary N) is 1. The summed E-state index contributed by atoms with van der Waals surface area (Å²) in [4.78, 5) is 8.64. The third-order valence-corrected chi connectivity index (χ3v) is 3.50. The molecule has 2 aromatic rings. The maximum absolute atomic E-state index is 5.94. The van der Waals surface area contributed by atoms with E-state index in [1.807, 2.05) is 19.9 Å². The van der Waals surface area contributed by atoms with Crippen molar-refractivity contribution in [2.75, 3.05) is 26.1 Å². The number of guanidine groups is 1. The van der Waals surface area contributed by atoms with Gasteiger partial charge in [-0.1, -0.05) is 19.0 Å². The first-order valence-corrected chi connectivity index (χ1v) is 8.15. The van der Waals surface area contributed by atoms with Gasteiger partial charge in [-0.25, -0.2) is 0 Å². The van der Waals surface area contributed by atoms with Gasteiger partial charge in [0, 0.05) is 24.9 Å². The van der Waals surface area contributed by atoms with E-state index in [4.69, 9.17) is 19.7 Å². The number of aliphatic imine (C=N–C) groups is 1. The monoisotopic (exact) mass is 475 g/mol. The lowest BCUT2D eigenvalue weighted by Crippen LogP contribution is -2.23. The fourth-order valence-corrected chi connectivity index (χ4v) is 2.12. The molecule has 0 amide bonds. The lowest BCUT2D eigenvalue weighted by atomic mass is 10.2. The van der Waals surface area contributed by atoms with Crippen molar-refractivity contribution in [1.29, 1.82) is 0 Å². The number of hydrogen-bond donors (Lipinski definition) is 2. The Balaban J connectivity index is 0.00000338. The number of halogens is 1. The smallest absolute Gasteiger partial charge is 0.226 e. The predicted octanol–water partition coefficient (Wildman–Crippen LogP) is 3.19. The molecule has 0 saturated heterocycles. The Bertz CT molecular complexity index is 718. The Labute approximate surface area is 170 Å². The van der Waals surface area contributed by atoms with Crippen molar-refractivity contribution in [3.05, 3.63) is 29.9 Å². The largest absolute Gasteiger partial charge is 0.497 e. The number of rotatable bonds is 8. The molecular formula is C17H26IN5O3. The number of aromatic nitrogens is 2. The highest BCUT2D eigenvalue weighted by atomic mass is 127. The van der Waals surface area contributed by atoms with Gasteiger partial charge in [0.15, 0.2) is 11.8 Å². The van der Waals surface area contributed by atoms with Gasteiger partial charge in [0.1, 0.15) is 11.5 Å². The van der Waals surface area contributed by atoms with Crippen molar-refractivity contribution >= 4 is 35.6 Å². The summed E-state index contributed by atoms with van der Waals surface area (Å²) in [6.07, 6.45) is 1.43. The second-order valence-corrected chi connectivity index (χ2v) is 5.76. The van der Waals surface area contributed by atoms with Crippen molar-refractivity contribution in [3.63, 3.8) is 0 Å². The lowest BCUT2D eigenvalue weighted by molar-refractivity contribution is 0.369. The van der Waals surface area contributed by atoms with E-state index in [9.17, 15) is 0 Å². The Morgan fingerprint density at radius 1 is 1.31 bits per heavy atom. The second kappa shape index (κ2) is 10.8. The number of anilines is 1. The maximum Gasteiger partial charge on any atom is 0.226 e. The van der Waals surface area contributed by atoms with E-state index < -0.39 is 0 Å². The fraction of sp³-hybridized carbons (Fsp3) is 0.471. The van der Waals surface area contributed by atoms with Crippen molar-refractivity contribution < 1.29 is 14.0 Å². The normalized spacial score (nSPS) is 11.2. The highest BCUT2D eigenvalue weighted by Gasteiger charge is 2.09. The van der Waals surface area contributed by atoms with Crippen LogP contribution in [0.15, 0.2) is 27.7 Å². The standard InChI is InChI=1S/C17H25N5O3.HI/c1-11(2)16-21-15(25-22-16)6-5-9-19-17(18)20-13-10-12(23-3)7-8-14(13)24-4;/h7-8,10-11H,5-6,9H2,1-4H3,(H3,18,19,20);1H. The van der Waals surface area contributed by atoms with Crippen LogP contribution in [-0.4, -0.2) is 36.9 Å². The van der Waals surface area contributed by atoms with E-state index in [1.165, 1.54) is 0 Å². The van der Waals surface area contributed by atoms with Gasteiger partial charge in [-0.15, -0.1) is 24.0 Å². The van der Waals surface area contributed by atoms with E-state index >= 15 is 0 Å². The third kappa shape index (κ3) is 6.36. The van der Waals surface area contributed by atoms with Crippen LogP contribution >= 0.6 is 24.0 Å². The van der Waals surface area contributed by atoms with Crippen molar-refractivity contribution in [2.45, 2.75) is 32.6 Å². The molecule has 2 rings (SSSR count). The topological polar surface area (TPSA) is 108 Å². The van der Waals surface area contributed by atoms with E-state index in [-0.39, 0.29) is 29.9 Å². The van der Waals surface area contributed by atoms with Crippen LogP contribution in [0.3, 0.4) is 0 Å². The Hall–Kier alpha value is -2.04. The molecule has 0 atom stereocenters. The van der Waals surface area contributed by atoms with Crippen LogP contribution in [0.1, 0.15) is 37.9 Å².